The third kappa shape index (κ3) is 42.2. The lowest BCUT2D eigenvalue weighted by Gasteiger charge is -2.23. The zero-order chi connectivity index (χ0) is 40.8. The third-order valence-electron chi connectivity index (χ3n) is 11.0. The van der Waals surface area contributed by atoms with E-state index in [9.17, 15) is 4.79 Å². The van der Waals surface area contributed by atoms with Crippen molar-refractivity contribution in [1.29, 1.82) is 0 Å². The summed E-state index contributed by atoms with van der Waals surface area (Å²) in [6.07, 6.45) is 45.6. The maximum Gasteiger partial charge on any atom is 0.407 e. The minimum absolute atomic E-state index is 0.203. The first-order valence-corrected chi connectivity index (χ1v) is 24.4. The van der Waals surface area contributed by atoms with E-state index in [0.717, 1.165) is 58.8 Å². The van der Waals surface area contributed by atoms with Crippen molar-refractivity contribution in [2.24, 2.45) is 0 Å². The number of rotatable bonds is 45. The van der Waals surface area contributed by atoms with Gasteiger partial charge >= 0.3 is 6.09 Å². The topological polar surface area (TPSA) is 63.3 Å². The number of allylic oxidation sites excluding steroid dienone is 4. The Morgan fingerprint density at radius 3 is 1.25 bits per heavy atom. The van der Waals surface area contributed by atoms with Crippen LogP contribution in [0, 0.1) is 0 Å². The number of amides is 1. The van der Waals surface area contributed by atoms with Crippen molar-refractivity contribution in [3.05, 3.63) is 24.3 Å². The Morgan fingerprint density at radius 2 is 0.857 bits per heavy atom. The van der Waals surface area contributed by atoms with E-state index in [1.165, 1.54) is 167 Å². The first-order valence-electron chi connectivity index (χ1n) is 24.4. The molecule has 1 N–H and O–H groups in total. The zero-order valence-electron chi connectivity index (χ0n) is 38.3. The fourth-order valence-corrected chi connectivity index (χ4v) is 6.95. The van der Waals surface area contributed by atoms with Crippen LogP contribution in [0.3, 0.4) is 0 Å². The zero-order valence-corrected chi connectivity index (χ0v) is 38.3. The molecule has 7 heteroatoms. The van der Waals surface area contributed by atoms with Crippen LogP contribution in [0.4, 0.5) is 4.79 Å². The Morgan fingerprint density at radius 1 is 0.482 bits per heavy atom. The van der Waals surface area contributed by atoms with E-state index in [4.69, 9.17) is 14.2 Å². The van der Waals surface area contributed by atoms with Crippen molar-refractivity contribution in [2.75, 3.05) is 72.8 Å². The second-order valence-electron chi connectivity index (χ2n) is 16.3. The Kier molecular flexibility index (Phi) is 45.1. The van der Waals surface area contributed by atoms with Crippen LogP contribution in [-0.4, -0.2) is 94.7 Å². The summed E-state index contributed by atoms with van der Waals surface area (Å²) in [6, 6.07) is -0.203. The molecule has 56 heavy (non-hydrogen) atoms. The lowest BCUT2D eigenvalue weighted by molar-refractivity contribution is 0.0484. The normalized spacial score (nSPS) is 12.6. The molecule has 0 bridgehead atoms. The molecule has 0 radical (unpaired) electrons. The largest absolute Gasteiger partial charge is 0.448 e. The third-order valence-corrected chi connectivity index (χ3v) is 11.0. The predicted molar refractivity (Wildman–Crippen MR) is 244 cm³/mol. The number of hydrogen-bond donors (Lipinski definition) is 1. The van der Waals surface area contributed by atoms with E-state index in [0.29, 0.717) is 19.8 Å². The molecule has 0 heterocycles. The van der Waals surface area contributed by atoms with Gasteiger partial charge in [0.15, 0.2) is 0 Å². The molecule has 0 saturated heterocycles. The van der Waals surface area contributed by atoms with E-state index in [1.807, 2.05) is 0 Å². The highest BCUT2D eigenvalue weighted by atomic mass is 16.6. The summed E-state index contributed by atoms with van der Waals surface area (Å²) in [6.45, 7) is 16.5. The molecular weight excluding hydrogens is 695 g/mol. The van der Waals surface area contributed by atoms with Gasteiger partial charge in [-0.1, -0.05) is 168 Å². The van der Waals surface area contributed by atoms with Crippen LogP contribution < -0.4 is 5.32 Å². The Bertz CT molecular complexity index is 788. The first kappa shape index (κ1) is 54.6. The van der Waals surface area contributed by atoms with Gasteiger partial charge in [-0.15, -0.1) is 0 Å². The molecule has 0 saturated carbocycles. The highest BCUT2D eigenvalue weighted by molar-refractivity contribution is 5.67. The summed E-state index contributed by atoms with van der Waals surface area (Å²) < 4.78 is 17.6. The Labute approximate surface area is 349 Å². The molecule has 1 amide bonds. The van der Waals surface area contributed by atoms with Gasteiger partial charge in [0.05, 0.1) is 19.3 Å². The number of unbranched alkanes of at least 4 members (excludes halogenated alkanes) is 24. The van der Waals surface area contributed by atoms with E-state index >= 15 is 0 Å². The van der Waals surface area contributed by atoms with Crippen LogP contribution in [0.15, 0.2) is 24.3 Å². The standard InChI is InChI=1S/C49H97N3O4/c1-6-10-12-14-16-18-20-22-24-26-28-30-32-34-36-38-43-54-46-48(50-49(53)56-45-42-51(5)40-41-52(8-3)9-4)47-55-44-39-37-35-33-31-29-27-25-23-21-19-17-15-13-11-7-2/h22-25,48H,6-21,26-47H2,1-5H3,(H,50,53). The number of nitrogens with zero attached hydrogens (tertiary/aromatic N) is 2. The molecule has 0 aromatic carbocycles. The van der Waals surface area contributed by atoms with E-state index in [-0.39, 0.29) is 12.1 Å². The monoisotopic (exact) mass is 792 g/mol. The lowest BCUT2D eigenvalue weighted by atomic mass is 10.1. The molecule has 0 rings (SSSR count). The van der Waals surface area contributed by atoms with Gasteiger partial charge in [-0.05, 0) is 84.3 Å². The minimum atomic E-state index is -0.381. The van der Waals surface area contributed by atoms with Crippen LogP contribution in [0.2, 0.25) is 0 Å². The quantitative estimate of drug-likeness (QED) is 0.0489. The van der Waals surface area contributed by atoms with Crippen LogP contribution in [-0.2, 0) is 14.2 Å². The van der Waals surface area contributed by atoms with Gasteiger partial charge in [0.25, 0.3) is 0 Å². The molecule has 332 valence electrons. The van der Waals surface area contributed by atoms with Gasteiger partial charge in [0, 0.05) is 32.8 Å². The van der Waals surface area contributed by atoms with Gasteiger partial charge in [-0.2, -0.15) is 0 Å². The first-order chi connectivity index (χ1) is 27.6. The summed E-state index contributed by atoms with van der Waals surface area (Å²) in [5.41, 5.74) is 0. The van der Waals surface area contributed by atoms with Gasteiger partial charge in [-0.25, -0.2) is 4.79 Å². The molecule has 0 aromatic heterocycles. The van der Waals surface area contributed by atoms with Gasteiger partial charge in [0.2, 0.25) is 0 Å². The summed E-state index contributed by atoms with van der Waals surface area (Å²) in [5, 5.41) is 3.02. The Hall–Kier alpha value is -1.41. The number of ether oxygens (including phenoxy) is 3. The summed E-state index contributed by atoms with van der Waals surface area (Å²) in [4.78, 5) is 17.3. The SMILES string of the molecule is CCCCCCCCC=CCCCCCCCCOCC(COCCCCCCCCC=CCCCCCCCC)NC(=O)OCCN(C)CCN(CC)CC. The molecule has 0 aliphatic rings. The van der Waals surface area contributed by atoms with E-state index in [2.05, 4.69) is 74.2 Å². The summed E-state index contributed by atoms with van der Waals surface area (Å²) >= 11 is 0. The molecular formula is C49H97N3O4. The minimum Gasteiger partial charge on any atom is -0.448 e. The molecule has 0 atom stereocenters. The van der Waals surface area contributed by atoms with Crippen molar-refractivity contribution in [3.63, 3.8) is 0 Å². The number of likely N-dealkylation sites (N-methyl/N-ethyl adjacent to an activating group) is 2. The number of carbonyl (C=O) groups is 1. The Balaban J connectivity index is 4.18. The van der Waals surface area contributed by atoms with Crippen molar-refractivity contribution in [1.82, 2.24) is 15.1 Å². The molecule has 0 spiro atoms. The number of nitrogens with one attached hydrogen (secondary N) is 1. The van der Waals surface area contributed by atoms with Gasteiger partial charge in [0.1, 0.15) is 6.61 Å². The van der Waals surface area contributed by atoms with Crippen LogP contribution in [0.25, 0.3) is 0 Å². The second-order valence-corrected chi connectivity index (χ2v) is 16.3. The van der Waals surface area contributed by atoms with Gasteiger partial charge < -0.3 is 29.3 Å². The van der Waals surface area contributed by atoms with Crippen LogP contribution >= 0.6 is 0 Å². The summed E-state index contributed by atoms with van der Waals surface area (Å²) in [5.74, 6) is 0. The van der Waals surface area contributed by atoms with Crippen molar-refractivity contribution in [3.8, 4) is 0 Å². The van der Waals surface area contributed by atoms with Crippen molar-refractivity contribution in [2.45, 2.75) is 214 Å². The van der Waals surface area contributed by atoms with E-state index in [1.54, 1.807) is 0 Å². The maximum absolute atomic E-state index is 12.7. The highest BCUT2D eigenvalue weighted by Gasteiger charge is 2.15. The molecule has 0 aliphatic heterocycles. The summed E-state index contributed by atoms with van der Waals surface area (Å²) in [7, 11) is 2.08. The average molecular weight is 792 g/mol. The van der Waals surface area contributed by atoms with Crippen LogP contribution in [0.5, 0.6) is 0 Å². The van der Waals surface area contributed by atoms with Crippen molar-refractivity contribution >= 4 is 6.09 Å². The lowest BCUT2D eigenvalue weighted by Crippen LogP contribution is -2.43. The highest BCUT2D eigenvalue weighted by Crippen LogP contribution is 2.12. The van der Waals surface area contributed by atoms with Crippen LogP contribution in [0.1, 0.15) is 207 Å². The maximum atomic E-state index is 12.7. The fraction of sp³-hybridized carbons (Fsp3) is 0.898. The smallest absolute Gasteiger partial charge is 0.407 e. The molecule has 0 unspecified atom stereocenters. The fourth-order valence-electron chi connectivity index (χ4n) is 6.95. The molecule has 0 fully saturated rings. The predicted octanol–water partition coefficient (Wildman–Crippen LogP) is 13.5. The molecule has 0 aromatic rings. The number of alkyl carbamates (subject to hydrolysis) is 1. The molecule has 0 aliphatic carbocycles. The molecule has 7 nitrogen and oxygen atoms in total. The van der Waals surface area contributed by atoms with Gasteiger partial charge in [-0.3, -0.25) is 0 Å². The average Bonchev–Trinajstić information content (AvgIpc) is 3.20. The van der Waals surface area contributed by atoms with E-state index < -0.39 is 0 Å². The van der Waals surface area contributed by atoms with Crippen molar-refractivity contribution < 1.29 is 19.0 Å². The number of hydrogen-bond acceptors (Lipinski definition) is 6. The second kappa shape index (κ2) is 46.3. The number of carbonyl (C=O) groups excluding carboxylic acids is 1.